The molecule has 3 aliphatic heterocycles. The maximum absolute atomic E-state index is 12.8. The van der Waals surface area contributed by atoms with Crippen molar-refractivity contribution in [2.24, 2.45) is 0 Å². The molecule has 1 N–H and O–H groups in total. The minimum absolute atomic E-state index is 0.0548. The third kappa shape index (κ3) is 2.90. The Balaban J connectivity index is 1.41. The van der Waals surface area contributed by atoms with Gasteiger partial charge in [0, 0.05) is 38.1 Å². The SMILES string of the molecule is O=C(NCC1(c2ccccc2)CCC1)C1CN2CCCN1CC2. The third-order valence-electron chi connectivity index (χ3n) is 6.10. The highest BCUT2D eigenvalue weighted by molar-refractivity contribution is 5.82. The van der Waals surface area contributed by atoms with Gasteiger partial charge in [-0.25, -0.2) is 0 Å². The number of nitrogens with zero attached hydrogens (tertiary/aromatic N) is 2. The number of carbonyl (C=O) groups excluding carboxylic acids is 1. The fourth-order valence-electron chi connectivity index (χ4n) is 4.43. The van der Waals surface area contributed by atoms with Crippen LogP contribution in [0.4, 0.5) is 0 Å². The lowest BCUT2D eigenvalue weighted by molar-refractivity contribution is -0.128. The van der Waals surface area contributed by atoms with Crippen LogP contribution in [0.5, 0.6) is 0 Å². The van der Waals surface area contributed by atoms with Gasteiger partial charge in [-0.05, 0) is 31.4 Å². The molecule has 4 nitrogen and oxygen atoms in total. The zero-order chi connectivity index (χ0) is 15.7. The number of fused-ring (bicyclic) bond motifs is 4. The molecule has 1 aromatic carbocycles. The summed E-state index contributed by atoms with van der Waals surface area (Å²) in [5.74, 6) is 0.235. The van der Waals surface area contributed by atoms with Gasteiger partial charge in [-0.3, -0.25) is 14.6 Å². The van der Waals surface area contributed by atoms with Gasteiger partial charge in [-0.15, -0.1) is 0 Å². The van der Waals surface area contributed by atoms with E-state index in [4.69, 9.17) is 0 Å². The number of piperazine rings is 1. The molecule has 3 saturated heterocycles. The molecular weight excluding hydrogens is 286 g/mol. The van der Waals surface area contributed by atoms with Crippen molar-refractivity contribution >= 4 is 5.91 Å². The first kappa shape index (κ1) is 15.2. The van der Waals surface area contributed by atoms with Gasteiger partial charge >= 0.3 is 0 Å². The second kappa shape index (κ2) is 6.25. The Morgan fingerprint density at radius 2 is 1.91 bits per heavy atom. The average molecular weight is 313 g/mol. The van der Waals surface area contributed by atoms with Gasteiger partial charge in [0.25, 0.3) is 0 Å². The summed E-state index contributed by atoms with van der Waals surface area (Å²) >= 11 is 0. The Morgan fingerprint density at radius 3 is 2.65 bits per heavy atom. The van der Waals surface area contributed by atoms with Gasteiger partial charge in [0.05, 0.1) is 0 Å². The first-order valence-corrected chi connectivity index (χ1v) is 9.07. The van der Waals surface area contributed by atoms with Gasteiger partial charge in [-0.2, -0.15) is 0 Å². The Hall–Kier alpha value is -1.39. The van der Waals surface area contributed by atoms with E-state index in [1.807, 2.05) is 0 Å². The van der Waals surface area contributed by atoms with Crippen molar-refractivity contribution in [3.8, 4) is 0 Å². The van der Waals surface area contributed by atoms with E-state index in [0.717, 1.165) is 39.3 Å². The highest BCUT2D eigenvalue weighted by Crippen LogP contribution is 2.43. The second-order valence-electron chi connectivity index (χ2n) is 7.42. The molecule has 23 heavy (non-hydrogen) atoms. The van der Waals surface area contributed by atoms with Crippen LogP contribution in [-0.2, 0) is 10.2 Å². The first-order chi connectivity index (χ1) is 11.3. The monoisotopic (exact) mass is 313 g/mol. The molecule has 3 atom stereocenters. The predicted molar refractivity (Wildman–Crippen MR) is 91.4 cm³/mol. The molecule has 0 aromatic heterocycles. The molecule has 1 aliphatic carbocycles. The number of carbonyl (C=O) groups is 1. The number of rotatable bonds is 4. The lowest BCUT2D eigenvalue weighted by atomic mass is 9.64. The number of amides is 1. The average Bonchev–Trinajstić information content (AvgIpc) is 2.90. The largest absolute Gasteiger partial charge is 0.354 e. The van der Waals surface area contributed by atoms with Crippen molar-refractivity contribution in [2.45, 2.75) is 37.1 Å². The summed E-state index contributed by atoms with van der Waals surface area (Å²) in [5.41, 5.74) is 1.56. The minimum atomic E-state index is 0.0548. The molecule has 1 saturated carbocycles. The zero-order valence-electron chi connectivity index (χ0n) is 13.8. The van der Waals surface area contributed by atoms with Crippen molar-refractivity contribution in [1.29, 1.82) is 0 Å². The molecule has 5 rings (SSSR count). The van der Waals surface area contributed by atoms with Crippen LogP contribution >= 0.6 is 0 Å². The summed E-state index contributed by atoms with van der Waals surface area (Å²) in [6.45, 7) is 6.08. The molecule has 0 radical (unpaired) electrons. The van der Waals surface area contributed by atoms with E-state index in [1.54, 1.807) is 0 Å². The van der Waals surface area contributed by atoms with Crippen LogP contribution in [-0.4, -0.2) is 61.0 Å². The van der Waals surface area contributed by atoms with E-state index >= 15 is 0 Å². The topological polar surface area (TPSA) is 35.6 Å². The molecule has 3 unspecified atom stereocenters. The van der Waals surface area contributed by atoms with Gasteiger partial charge in [0.15, 0.2) is 0 Å². The molecule has 1 amide bonds. The lowest BCUT2D eigenvalue weighted by Gasteiger charge is -2.43. The number of benzene rings is 1. The molecule has 4 aliphatic rings. The van der Waals surface area contributed by atoms with Gasteiger partial charge < -0.3 is 5.32 Å². The van der Waals surface area contributed by atoms with Gasteiger partial charge in [0.1, 0.15) is 6.04 Å². The molecule has 2 bridgehead atoms. The quantitative estimate of drug-likeness (QED) is 0.917. The number of nitrogens with one attached hydrogen (secondary N) is 1. The van der Waals surface area contributed by atoms with Crippen LogP contribution < -0.4 is 5.32 Å². The summed E-state index contributed by atoms with van der Waals surface area (Å²) in [5, 5.41) is 3.30. The summed E-state index contributed by atoms with van der Waals surface area (Å²) in [6, 6.07) is 10.8. The van der Waals surface area contributed by atoms with Crippen molar-refractivity contribution in [3.63, 3.8) is 0 Å². The van der Waals surface area contributed by atoms with Crippen molar-refractivity contribution < 1.29 is 4.79 Å². The van der Waals surface area contributed by atoms with E-state index in [9.17, 15) is 4.79 Å². The molecule has 4 heteroatoms. The zero-order valence-corrected chi connectivity index (χ0v) is 13.8. The Bertz CT molecular complexity index is 551. The van der Waals surface area contributed by atoms with E-state index in [2.05, 4.69) is 45.4 Å². The third-order valence-corrected chi connectivity index (χ3v) is 6.10. The molecule has 124 valence electrons. The smallest absolute Gasteiger partial charge is 0.238 e. The van der Waals surface area contributed by atoms with Crippen LogP contribution in [0.25, 0.3) is 0 Å². The van der Waals surface area contributed by atoms with E-state index in [1.165, 1.54) is 31.2 Å². The summed E-state index contributed by atoms with van der Waals surface area (Å²) in [7, 11) is 0. The van der Waals surface area contributed by atoms with Crippen LogP contribution in [0.2, 0.25) is 0 Å². The van der Waals surface area contributed by atoms with Crippen molar-refractivity contribution in [1.82, 2.24) is 15.1 Å². The summed E-state index contributed by atoms with van der Waals surface area (Å²) in [6.07, 6.45) is 4.85. The maximum Gasteiger partial charge on any atom is 0.238 e. The number of hydrogen-bond donors (Lipinski definition) is 1. The fraction of sp³-hybridized carbons (Fsp3) is 0.632. The maximum atomic E-state index is 12.8. The molecule has 0 spiro atoms. The molecule has 3 heterocycles. The molecule has 4 fully saturated rings. The van der Waals surface area contributed by atoms with E-state index in [0.29, 0.717) is 0 Å². The summed E-state index contributed by atoms with van der Waals surface area (Å²) < 4.78 is 0. The summed E-state index contributed by atoms with van der Waals surface area (Å²) in [4.78, 5) is 17.6. The Labute approximate surface area is 138 Å². The Morgan fingerprint density at radius 1 is 1.09 bits per heavy atom. The fourth-order valence-corrected chi connectivity index (χ4v) is 4.43. The normalized spacial score (nSPS) is 31.9. The van der Waals surface area contributed by atoms with Gasteiger partial charge in [0.2, 0.25) is 5.91 Å². The van der Waals surface area contributed by atoms with Crippen LogP contribution in [0.15, 0.2) is 30.3 Å². The lowest BCUT2D eigenvalue weighted by Crippen LogP contribution is -2.58. The van der Waals surface area contributed by atoms with Crippen LogP contribution in [0.1, 0.15) is 31.2 Å². The second-order valence-corrected chi connectivity index (χ2v) is 7.42. The van der Waals surface area contributed by atoms with Crippen molar-refractivity contribution in [3.05, 3.63) is 35.9 Å². The Kier molecular flexibility index (Phi) is 4.12. The predicted octanol–water partition coefficient (Wildman–Crippen LogP) is 1.61. The highest BCUT2D eigenvalue weighted by atomic mass is 16.2. The van der Waals surface area contributed by atoms with E-state index in [-0.39, 0.29) is 17.4 Å². The molecule has 1 aromatic rings. The van der Waals surface area contributed by atoms with Crippen LogP contribution in [0, 0.1) is 0 Å². The number of hydrogen-bond acceptors (Lipinski definition) is 3. The highest BCUT2D eigenvalue weighted by Gasteiger charge is 2.40. The van der Waals surface area contributed by atoms with Crippen molar-refractivity contribution in [2.75, 3.05) is 39.3 Å². The van der Waals surface area contributed by atoms with E-state index < -0.39 is 0 Å². The minimum Gasteiger partial charge on any atom is -0.354 e. The standard InChI is InChI=1S/C19H27N3O/c23-18(17-14-21-10-5-11-22(17)13-12-21)20-15-19(8-4-9-19)16-6-2-1-3-7-16/h1-3,6-7,17H,4-5,8-15H2,(H,20,23). The van der Waals surface area contributed by atoms with Gasteiger partial charge in [-0.1, -0.05) is 36.8 Å². The van der Waals surface area contributed by atoms with Crippen LogP contribution in [0.3, 0.4) is 0 Å². The first-order valence-electron chi connectivity index (χ1n) is 9.07. The molecular formula is C19H27N3O.